The summed E-state index contributed by atoms with van der Waals surface area (Å²) in [6.07, 6.45) is 6.82. The van der Waals surface area contributed by atoms with Crippen molar-refractivity contribution < 1.29 is 9.90 Å². The van der Waals surface area contributed by atoms with E-state index in [1.54, 1.807) is 0 Å². The summed E-state index contributed by atoms with van der Waals surface area (Å²) >= 11 is 0. The second kappa shape index (κ2) is 6.74. The molecule has 0 amide bonds. The van der Waals surface area contributed by atoms with Gasteiger partial charge in [0.2, 0.25) is 0 Å². The highest BCUT2D eigenvalue weighted by molar-refractivity contribution is 5.73. The largest absolute Gasteiger partial charge is 0.481 e. The minimum atomic E-state index is -0.677. The maximum atomic E-state index is 11.0. The molecule has 0 saturated carbocycles. The molecule has 3 nitrogen and oxygen atoms in total. The third-order valence-corrected chi connectivity index (χ3v) is 5.02. The third kappa shape index (κ3) is 5.13. The molecule has 0 radical (unpaired) electrons. The Morgan fingerprint density at radius 1 is 1.26 bits per heavy atom. The van der Waals surface area contributed by atoms with E-state index in [9.17, 15) is 4.79 Å². The van der Waals surface area contributed by atoms with E-state index in [1.807, 2.05) is 13.8 Å². The monoisotopic (exact) mass is 269 g/mol. The Hall–Kier alpha value is -0.570. The minimum Gasteiger partial charge on any atom is -0.481 e. The van der Waals surface area contributed by atoms with Crippen molar-refractivity contribution in [2.24, 2.45) is 10.8 Å². The van der Waals surface area contributed by atoms with Crippen LogP contribution in [0, 0.1) is 10.8 Å². The molecule has 0 unspecified atom stereocenters. The summed E-state index contributed by atoms with van der Waals surface area (Å²) in [6.45, 7) is 11.9. The molecule has 112 valence electrons. The first-order chi connectivity index (χ1) is 8.79. The van der Waals surface area contributed by atoms with Gasteiger partial charge < -0.3 is 10.0 Å². The summed E-state index contributed by atoms with van der Waals surface area (Å²) in [5, 5.41) is 9.06. The van der Waals surface area contributed by atoms with Crippen LogP contribution in [-0.2, 0) is 4.79 Å². The predicted molar refractivity (Wildman–Crippen MR) is 79.3 cm³/mol. The molecule has 1 saturated heterocycles. The lowest BCUT2D eigenvalue weighted by atomic mass is 9.78. The summed E-state index contributed by atoms with van der Waals surface area (Å²) in [5.41, 5.74) is -0.00944. The molecule has 0 aromatic carbocycles. The highest BCUT2D eigenvalue weighted by Crippen LogP contribution is 2.34. The molecule has 1 aliphatic heterocycles. The fourth-order valence-corrected chi connectivity index (χ4v) is 2.68. The summed E-state index contributed by atoms with van der Waals surface area (Å²) in [7, 11) is 0. The van der Waals surface area contributed by atoms with E-state index < -0.39 is 11.4 Å². The van der Waals surface area contributed by atoms with Gasteiger partial charge in [-0.15, -0.1) is 0 Å². The molecule has 1 heterocycles. The third-order valence-electron chi connectivity index (χ3n) is 5.02. The van der Waals surface area contributed by atoms with Crippen LogP contribution >= 0.6 is 0 Å². The first kappa shape index (κ1) is 16.5. The fraction of sp³-hybridized carbons (Fsp3) is 0.938. The first-order valence-electron chi connectivity index (χ1n) is 7.75. The van der Waals surface area contributed by atoms with Gasteiger partial charge in [0, 0.05) is 0 Å². The Morgan fingerprint density at radius 3 is 2.32 bits per heavy atom. The summed E-state index contributed by atoms with van der Waals surface area (Å²) in [5.74, 6) is -0.677. The van der Waals surface area contributed by atoms with Crippen LogP contribution in [0.5, 0.6) is 0 Å². The van der Waals surface area contributed by atoms with Gasteiger partial charge in [0.05, 0.1) is 5.41 Å². The van der Waals surface area contributed by atoms with Crippen LogP contribution < -0.4 is 0 Å². The Balaban J connectivity index is 2.17. The second-order valence-electron chi connectivity index (χ2n) is 7.15. The molecule has 0 aromatic rings. The second-order valence-corrected chi connectivity index (χ2v) is 7.15. The van der Waals surface area contributed by atoms with Crippen LogP contribution in [0.25, 0.3) is 0 Å². The van der Waals surface area contributed by atoms with Gasteiger partial charge >= 0.3 is 5.97 Å². The SMILES string of the molecule is CCC1(C)CCN(CCCCC(C)(C)C(=O)O)CC1. The predicted octanol–water partition coefficient (Wildman–Crippen LogP) is 3.78. The molecule has 0 spiro atoms. The van der Waals surface area contributed by atoms with Crippen LogP contribution in [0.4, 0.5) is 0 Å². The Labute approximate surface area is 118 Å². The van der Waals surface area contributed by atoms with Crippen molar-refractivity contribution in [3.05, 3.63) is 0 Å². The molecule has 0 atom stereocenters. The van der Waals surface area contributed by atoms with E-state index in [0.717, 1.165) is 25.8 Å². The van der Waals surface area contributed by atoms with Crippen molar-refractivity contribution >= 4 is 5.97 Å². The van der Waals surface area contributed by atoms with Crippen molar-refractivity contribution in [2.45, 2.75) is 66.2 Å². The number of hydrogen-bond donors (Lipinski definition) is 1. The van der Waals surface area contributed by atoms with Crippen molar-refractivity contribution in [2.75, 3.05) is 19.6 Å². The number of likely N-dealkylation sites (tertiary alicyclic amines) is 1. The first-order valence-corrected chi connectivity index (χ1v) is 7.75. The molecular formula is C16H31NO2. The van der Waals surface area contributed by atoms with Gasteiger partial charge in [-0.25, -0.2) is 0 Å². The van der Waals surface area contributed by atoms with E-state index in [1.165, 1.54) is 32.4 Å². The molecule has 1 N–H and O–H groups in total. The molecule has 0 aromatic heterocycles. The Kier molecular flexibility index (Phi) is 5.84. The van der Waals surface area contributed by atoms with Gasteiger partial charge in [-0.3, -0.25) is 4.79 Å². The van der Waals surface area contributed by atoms with Gasteiger partial charge in [-0.05, 0) is 64.6 Å². The zero-order valence-corrected chi connectivity index (χ0v) is 13.2. The Bertz CT molecular complexity index is 291. The highest BCUT2D eigenvalue weighted by atomic mass is 16.4. The number of piperidine rings is 1. The minimum absolute atomic E-state index is 0.557. The smallest absolute Gasteiger partial charge is 0.309 e. The normalized spacial score (nSPS) is 20.4. The quantitative estimate of drug-likeness (QED) is 0.715. The van der Waals surface area contributed by atoms with Gasteiger partial charge in [0.15, 0.2) is 0 Å². The van der Waals surface area contributed by atoms with Gasteiger partial charge in [0.1, 0.15) is 0 Å². The van der Waals surface area contributed by atoms with E-state index >= 15 is 0 Å². The topological polar surface area (TPSA) is 40.5 Å². The maximum absolute atomic E-state index is 11.0. The summed E-state index contributed by atoms with van der Waals surface area (Å²) < 4.78 is 0. The zero-order valence-electron chi connectivity index (χ0n) is 13.2. The van der Waals surface area contributed by atoms with Gasteiger partial charge in [-0.1, -0.05) is 26.7 Å². The molecule has 1 rings (SSSR count). The van der Waals surface area contributed by atoms with Crippen LogP contribution in [-0.4, -0.2) is 35.6 Å². The van der Waals surface area contributed by atoms with Gasteiger partial charge in [0.25, 0.3) is 0 Å². The van der Waals surface area contributed by atoms with Crippen molar-refractivity contribution in [3.8, 4) is 0 Å². The van der Waals surface area contributed by atoms with E-state index in [2.05, 4.69) is 18.7 Å². The summed E-state index contributed by atoms with van der Waals surface area (Å²) in [6, 6.07) is 0. The number of unbranched alkanes of at least 4 members (excludes halogenated alkanes) is 1. The zero-order chi connectivity index (χ0) is 14.5. The van der Waals surface area contributed by atoms with Crippen LogP contribution in [0.1, 0.15) is 66.2 Å². The molecule has 1 aliphatic rings. The lowest BCUT2D eigenvalue weighted by Gasteiger charge is -2.39. The lowest BCUT2D eigenvalue weighted by Crippen LogP contribution is -2.38. The van der Waals surface area contributed by atoms with E-state index in [-0.39, 0.29) is 0 Å². The molecule has 1 fully saturated rings. The molecule has 0 bridgehead atoms. The number of aliphatic carboxylic acids is 1. The lowest BCUT2D eigenvalue weighted by molar-refractivity contribution is -0.147. The van der Waals surface area contributed by atoms with Gasteiger partial charge in [-0.2, -0.15) is 0 Å². The van der Waals surface area contributed by atoms with Crippen LogP contribution in [0.3, 0.4) is 0 Å². The highest BCUT2D eigenvalue weighted by Gasteiger charge is 2.28. The van der Waals surface area contributed by atoms with Crippen LogP contribution in [0.15, 0.2) is 0 Å². The maximum Gasteiger partial charge on any atom is 0.309 e. The molecule has 19 heavy (non-hydrogen) atoms. The molecule has 3 heteroatoms. The van der Waals surface area contributed by atoms with Crippen LogP contribution in [0.2, 0.25) is 0 Å². The van der Waals surface area contributed by atoms with E-state index in [4.69, 9.17) is 5.11 Å². The number of carbonyl (C=O) groups is 1. The number of hydrogen-bond acceptors (Lipinski definition) is 2. The fourth-order valence-electron chi connectivity index (χ4n) is 2.68. The number of nitrogens with zero attached hydrogens (tertiary/aromatic N) is 1. The standard InChI is InChI=1S/C16H31NO2/c1-5-16(4)9-12-17(13-10-16)11-7-6-8-15(2,3)14(18)19/h5-13H2,1-4H3,(H,18,19). The molecular weight excluding hydrogens is 238 g/mol. The number of carboxylic acids is 1. The number of carboxylic acid groups (broad SMARTS) is 1. The average Bonchev–Trinajstić information content (AvgIpc) is 2.37. The van der Waals surface area contributed by atoms with Crippen molar-refractivity contribution in [3.63, 3.8) is 0 Å². The summed E-state index contributed by atoms with van der Waals surface area (Å²) in [4.78, 5) is 13.6. The molecule has 0 aliphatic carbocycles. The average molecular weight is 269 g/mol. The Morgan fingerprint density at radius 2 is 1.84 bits per heavy atom. The number of rotatable bonds is 7. The van der Waals surface area contributed by atoms with Crippen molar-refractivity contribution in [1.82, 2.24) is 4.90 Å². The van der Waals surface area contributed by atoms with E-state index in [0.29, 0.717) is 5.41 Å². The van der Waals surface area contributed by atoms with Crippen molar-refractivity contribution in [1.29, 1.82) is 0 Å².